The molecule has 4 aromatic rings. The second kappa shape index (κ2) is 7.18. The van der Waals surface area contributed by atoms with Crippen LogP contribution in [0.1, 0.15) is 5.89 Å². The maximum Gasteiger partial charge on any atom is 0.471 e. The molecule has 4 rings (SSSR count). The maximum atomic E-state index is 12.7. The average Bonchev–Trinajstić information content (AvgIpc) is 3.32. The Bertz CT molecular complexity index is 1350. The summed E-state index contributed by atoms with van der Waals surface area (Å²) in [5.74, 6) is -1.81. The molecule has 0 unspecified atom stereocenters. The van der Waals surface area contributed by atoms with Crippen LogP contribution in [0.3, 0.4) is 0 Å². The van der Waals surface area contributed by atoms with Crippen molar-refractivity contribution in [2.75, 3.05) is 4.72 Å². The molecule has 0 aliphatic rings. The van der Waals surface area contributed by atoms with E-state index in [0.29, 0.717) is 20.9 Å². The number of hydrogen-bond donors (Lipinski definition) is 2. The van der Waals surface area contributed by atoms with Gasteiger partial charge in [0.25, 0.3) is 10.0 Å². The molecule has 2 N–H and O–H groups in total. The number of fused-ring (bicyclic) bond motifs is 1. The Hall–Kier alpha value is -2.76. The van der Waals surface area contributed by atoms with Crippen molar-refractivity contribution in [1.82, 2.24) is 15.1 Å². The van der Waals surface area contributed by atoms with E-state index >= 15 is 0 Å². The first-order valence-electron chi connectivity index (χ1n) is 8.05. The Morgan fingerprint density at radius 2 is 1.73 bits per heavy atom. The van der Waals surface area contributed by atoms with E-state index in [-0.39, 0.29) is 22.0 Å². The van der Waals surface area contributed by atoms with E-state index in [4.69, 9.17) is 23.2 Å². The van der Waals surface area contributed by atoms with Gasteiger partial charge in [0.15, 0.2) is 0 Å². The van der Waals surface area contributed by atoms with Crippen LogP contribution >= 0.6 is 23.2 Å². The Labute approximate surface area is 176 Å². The van der Waals surface area contributed by atoms with Crippen LogP contribution in [0.2, 0.25) is 10.0 Å². The highest BCUT2D eigenvalue weighted by Crippen LogP contribution is 2.35. The van der Waals surface area contributed by atoms with Gasteiger partial charge in [-0.25, -0.2) is 8.42 Å². The fourth-order valence-electron chi connectivity index (χ4n) is 2.70. The highest BCUT2D eigenvalue weighted by molar-refractivity contribution is 7.92. The molecule has 0 amide bonds. The van der Waals surface area contributed by atoms with Crippen LogP contribution in [0.4, 0.5) is 18.9 Å². The number of sulfonamides is 1. The molecule has 0 saturated heterocycles. The van der Waals surface area contributed by atoms with Crippen LogP contribution in [-0.2, 0) is 16.2 Å². The van der Waals surface area contributed by atoms with Gasteiger partial charge in [0.1, 0.15) is 0 Å². The van der Waals surface area contributed by atoms with Gasteiger partial charge < -0.3 is 9.51 Å². The first-order chi connectivity index (χ1) is 14.1. The number of rotatable bonds is 4. The van der Waals surface area contributed by atoms with Crippen LogP contribution in [0.15, 0.2) is 52.0 Å². The molecular formula is C17H9Cl2F3N4O3S. The van der Waals surface area contributed by atoms with Crippen molar-refractivity contribution < 1.29 is 26.1 Å². The molecule has 0 saturated carbocycles. The van der Waals surface area contributed by atoms with Crippen LogP contribution in [0.25, 0.3) is 22.3 Å². The minimum Gasteiger partial charge on any atom is -0.358 e. The Morgan fingerprint density at radius 1 is 1.03 bits per heavy atom. The number of nitrogens with one attached hydrogen (secondary N) is 2. The van der Waals surface area contributed by atoms with Gasteiger partial charge in [-0.15, -0.1) is 0 Å². The molecule has 2 aromatic carbocycles. The molecule has 13 heteroatoms. The first-order valence-corrected chi connectivity index (χ1v) is 10.3. The molecule has 0 aliphatic carbocycles. The Morgan fingerprint density at radius 3 is 2.37 bits per heavy atom. The van der Waals surface area contributed by atoms with E-state index in [1.165, 1.54) is 42.6 Å². The van der Waals surface area contributed by atoms with Crippen LogP contribution in [0.5, 0.6) is 0 Å². The number of hydrogen-bond acceptors (Lipinski definition) is 5. The highest BCUT2D eigenvalue weighted by atomic mass is 35.5. The monoisotopic (exact) mass is 476 g/mol. The first kappa shape index (κ1) is 20.5. The minimum atomic E-state index is -4.77. The molecular weight excluding hydrogens is 468 g/mol. The predicted octanol–water partition coefficient (Wildman–Crippen LogP) is 5.34. The number of H-pyrrole nitrogens is 1. The molecule has 2 aromatic heterocycles. The van der Waals surface area contributed by atoms with Gasteiger partial charge in [-0.05, 0) is 36.4 Å². The van der Waals surface area contributed by atoms with E-state index in [9.17, 15) is 21.6 Å². The molecule has 0 atom stereocenters. The lowest BCUT2D eigenvalue weighted by Crippen LogP contribution is -2.13. The fraction of sp³-hybridized carbons (Fsp3) is 0.0588. The second-order valence-corrected chi connectivity index (χ2v) is 8.53. The lowest BCUT2D eigenvalue weighted by atomic mass is 10.2. The average molecular weight is 477 g/mol. The van der Waals surface area contributed by atoms with Crippen molar-refractivity contribution in [1.29, 1.82) is 0 Å². The topological polar surface area (TPSA) is 101 Å². The highest BCUT2D eigenvalue weighted by Gasteiger charge is 2.38. The number of benzene rings is 2. The summed E-state index contributed by atoms with van der Waals surface area (Å²) in [7, 11) is -4.03. The zero-order valence-corrected chi connectivity index (χ0v) is 16.8. The molecule has 30 heavy (non-hydrogen) atoms. The molecule has 156 valence electrons. The van der Waals surface area contributed by atoms with Crippen molar-refractivity contribution in [3.63, 3.8) is 0 Å². The van der Waals surface area contributed by atoms with Gasteiger partial charge in [-0.3, -0.25) is 4.72 Å². The Kier molecular flexibility index (Phi) is 4.91. The van der Waals surface area contributed by atoms with Gasteiger partial charge in [0.05, 0.1) is 26.1 Å². The SMILES string of the molecule is O=S(=O)(Nc1ccc(Cl)c2c(Cl)c[nH]c12)c1ccc(-c2noc(C(F)(F)F)n2)cc1. The third kappa shape index (κ3) is 3.71. The standard InChI is InChI=1S/C17H9Cl2F3N4O3S/c18-10-5-6-12(14-13(10)11(19)7-23-14)26-30(27,28)9-3-1-8(2-4-9)15-24-16(29-25-15)17(20,21)22/h1-7,23,26H. The predicted molar refractivity (Wildman–Crippen MR) is 104 cm³/mol. The number of aromatic amines is 1. The molecule has 7 nitrogen and oxygen atoms in total. The molecule has 0 bridgehead atoms. The summed E-state index contributed by atoms with van der Waals surface area (Å²) in [4.78, 5) is 5.98. The zero-order valence-electron chi connectivity index (χ0n) is 14.5. The molecule has 0 radical (unpaired) electrons. The van der Waals surface area contributed by atoms with Gasteiger partial charge in [-0.1, -0.05) is 28.4 Å². The third-order valence-electron chi connectivity index (χ3n) is 4.07. The molecule has 0 spiro atoms. The van der Waals surface area contributed by atoms with Crippen molar-refractivity contribution >= 4 is 49.8 Å². The maximum absolute atomic E-state index is 12.7. The fourth-order valence-corrected chi connectivity index (χ4v) is 4.33. The van der Waals surface area contributed by atoms with Crippen LogP contribution in [-0.4, -0.2) is 23.5 Å². The van der Waals surface area contributed by atoms with Gasteiger partial charge in [-0.2, -0.15) is 18.2 Å². The van der Waals surface area contributed by atoms with Crippen molar-refractivity contribution in [2.45, 2.75) is 11.1 Å². The van der Waals surface area contributed by atoms with E-state index in [0.717, 1.165) is 0 Å². The summed E-state index contributed by atoms with van der Waals surface area (Å²) in [6.07, 6.45) is -3.30. The smallest absolute Gasteiger partial charge is 0.358 e. The van der Waals surface area contributed by atoms with Crippen molar-refractivity contribution in [3.05, 3.63) is 58.5 Å². The van der Waals surface area contributed by atoms with E-state index in [1.807, 2.05) is 0 Å². The summed E-state index contributed by atoms with van der Waals surface area (Å²) in [6.45, 7) is 0. The largest absolute Gasteiger partial charge is 0.471 e. The van der Waals surface area contributed by atoms with Crippen molar-refractivity contribution in [3.8, 4) is 11.4 Å². The third-order valence-corrected chi connectivity index (χ3v) is 6.07. The number of anilines is 1. The van der Waals surface area contributed by atoms with E-state index in [1.54, 1.807) is 0 Å². The zero-order chi connectivity index (χ0) is 21.7. The second-order valence-electron chi connectivity index (χ2n) is 6.03. The van der Waals surface area contributed by atoms with Gasteiger partial charge in [0.2, 0.25) is 5.82 Å². The number of halogens is 5. The summed E-state index contributed by atoms with van der Waals surface area (Å²) in [5.41, 5.74) is 0.774. The normalized spacial score (nSPS) is 12.4. The Balaban J connectivity index is 1.63. The summed E-state index contributed by atoms with van der Waals surface area (Å²) >= 11 is 12.2. The minimum absolute atomic E-state index is 0.133. The van der Waals surface area contributed by atoms with Gasteiger partial charge in [0, 0.05) is 17.1 Å². The lowest BCUT2D eigenvalue weighted by molar-refractivity contribution is -0.159. The van der Waals surface area contributed by atoms with Gasteiger partial charge >= 0.3 is 12.1 Å². The summed E-state index contributed by atoms with van der Waals surface area (Å²) in [6, 6.07) is 7.91. The summed E-state index contributed by atoms with van der Waals surface area (Å²) in [5, 5.41) is 4.40. The molecule has 0 aliphatic heterocycles. The van der Waals surface area contributed by atoms with E-state index in [2.05, 4.69) is 24.4 Å². The van der Waals surface area contributed by atoms with Crippen LogP contribution in [0, 0.1) is 0 Å². The van der Waals surface area contributed by atoms with Crippen LogP contribution < -0.4 is 4.72 Å². The lowest BCUT2D eigenvalue weighted by Gasteiger charge is -2.10. The van der Waals surface area contributed by atoms with Crippen molar-refractivity contribution in [2.24, 2.45) is 0 Å². The number of nitrogens with zero attached hydrogens (tertiary/aromatic N) is 2. The molecule has 2 heterocycles. The summed E-state index contributed by atoms with van der Waals surface area (Å²) < 4.78 is 69.8. The number of alkyl halides is 3. The quantitative estimate of drug-likeness (QED) is 0.413. The van der Waals surface area contributed by atoms with E-state index < -0.39 is 22.1 Å². The number of aromatic nitrogens is 3. The molecule has 0 fully saturated rings.